The molecule has 0 saturated heterocycles. The van der Waals surface area contributed by atoms with Gasteiger partial charge in [0.1, 0.15) is 10.3 Å². The summed E-state index contributed by atoms with van der Waals surface area (Å²) in [4.78, 5) is 22.0. The molecule has 0 radical (unpaired) electrons. The van der Waals surface area contributed by atoms with Gasteiger partial charge in [-0.2, -0.15) is 4.72 Å². The molecule has 0 unspecified atom stereocenters. The third-order valence-corrected chi connectivity index (χ3v) is 6.50. The molecule has 112 valence electrons. The Morgan fingerprint density at radius 3 is 2.60 bits per heavy atom. The molecule has 0 aliphatic carbocycles. The first-order valence-corrected chi connectivity index (χ1v) is 8.41. The van der Waals surface area contributed by atoms with Crippen molar-refractivity contribution in [1.82, 2.24) is 4.72 Å². The van der Waals surface area contributed by atoms with Crippen LogP contribution in [0, 0.1) is 0 Å². The summed E-state index contributed by atoms with van der Waals surface area (Å²) in [5.74, 6) is -2.33. The first-order chi connectivity index (χ1) is 9.17. The van der Waals surface area contributed by atoms with Gasteiger partial charge in [0.2, 0.25) is 0 Å². The number of halogens is 2. The van der Waals surface area contributed by atoms with Gasteiger partial charge in [-0.15, -0.1) is 11.3 Å². The quantitative estimate of drug-likeness (QED) is 0.692. The second kappa shape index (κ2) is 6.85. The molecule has 0 aliphatic heterocycles. The molecule has 2 N–H and O–H groups in total. The lowest BCUT2D eigenvalue weighted by Crippen LogP contribution is -2.42. The number of nitrogens with one attached hydrogen (secondary N) is 1. The standard InChI is InChI=1S/C9H9BrClNO6S2/c1-18-6(13)3-5(9(14)15)12-20(16,17)7-2-4(11)8(10)19-7/h2,5,12H,3H2,1H3,(H,14,15)/t5-/m0/s1. The largest absolute Gasteiger partial charge is 0.480 e. The molecule has 0 aliphatic rings. The van der Waals surface area contributed by atoms with Crippen molar-refractivity contribution in [2.24, 2.45) is 0 Å². The van der Waals surface area contributed by atoms with E-state index in [9.17, 15) is 18.0 Å². The molecule has 0 amide bonds. The van der Waals surface area contributed by atoms with Crippen LogP contribution in [-0.4, -0.2) is 38.6 Å². The Morgan fingerprint density at radius 2 is 2.20 bits per heavy atom. The number of thiophene rings is 1. The SMILES string of the molecule is COC(=O)C[C@H](NS(=O)(=O)c1cc(Cl)c(Br)s1)C(=O)O. The van der Waals surface area contributed by atoms with Gasteiger partial charge in [0.15, 0.2) is 0 Å². The van der Waals surface area contributed by atoms with Crippen LogP contribution in [0.1, 0.15) is 6.42 Å². The van der Waals surface area contributed by atoms with E-state index in [1.165, 1.54) is 6.07 Å². The zero-order chi connectivity index (χ0) is 15.5. The lowest BCUT2D eigenvalue weighted by molar-refractivity contribution is -0.147. The number of carbonyl (C=O) groups excluding carboxylic acids is 1. The molecule has 20 heavy (non-hydrogen) atoms. The fourth-order valence-electron chi connectivity index (χ4n) is 1.13. The van der Waals surface area contributed by atoms with Gasteiger partial charge in [0.05, 0.1) is 22.3 Å². The Labute approximate surface area is 132 Å². The van der Waals surface area contributed by atoms with E-state index >= 15 is 0 Å². The maximum absolute atomic E-state index is 12.0. The zero-order valence-electron chi connectivity index (χ0n) is 9.92. The predicted octanol–water partition coefficient (Wildman–Crippen LogP) is 1.46. The van der Waals surface area contributed by atoms with Gasteiger partial charge >= 0.3 is 11.9 Å². The van der Waals surface area contributed by atoms with Gasteiger partial charge in [-0.3, -0.25) is 9.59 Å². The number of hydrogen-bond donors (Lipinski definition) is 2. The van der Waals surface area contributed by atoms with Crippen LogP contribution in [0.25, 0.3) is 0 Å². The summed E-state index contributed by atoms with van der Waals surface area (Å²) in [6.45, 7) is 0. The Hall–Kier alpha value is -0.680. The second-order valence-corrected chi connectivity index (χ2v) is 8.20. The van der Waals surface area contributed by atoms with Crippen LogP contribution >= 0.6 is 38.9 Å². The molecule has 0 fully saturated rings. The van der Waals surface area contributed by atoms with Crippen LogP contribution in [0.3, 0.4) is 0 Å². The molecule has 1 heterocycles. The summed E-state index contributed by atoms with van der Waals surface area (Å²) < 4.78 is 30.4. The van der Waals surface area contributed by atoms with E-state index < -0.39 is 34.4 Å². The smallest absolute Gasteiger partial charge is 0.322 e. The number of ether oxygens (including phenoxy) is 1. The van der Waals surface area contributed by atoms with Crippen molar-refractivity contribution >= 4 is 60.8 Å². The second-order valence-electron chi connectivity index (χ2n) is 3.48. The number of sulfonamides is 1. The van der Waals surface area contributed by atoms with Gasteiger partial charge in [-0.25, -0.2) is 8.42 Å². The molecule has 1 rings (SSSR count). The molecule has 7 nitrogen and oxygen atoms in total. The first kappa shape index (κ1) is 17.4. The number of carbonyl (C=O) groups is 2. The molecule has 1 aromatic heterocycles. The topological polar surface area (TPSA) is 110 Å². The van der Waals surface area contributed by atoms with Crippen LogP contribution in [0.2, 0.25) is 5.02 Å². The van der Waals surface area contributed by atoms with E-state index in [2.05, 4.69) is 20.7 Å². The molecule has 0 bridgehead atoms. The van der Waals surface area contributed by atoms with Gasteiger partial charge in [0.25, 0.3) is 10.0 Å². The van der Waals surface area contributed by atoms with Gasteiger partial charge < -0.3 is 9.84 Å². The third kappa shape index (κ3) is 4.42. The van der Waals surface area contributed by atoms with Crippen molar-refractivity contribution in [3.63, 3.8) is 0 Å². The van der Waals surface area contributed by atoms with Crippen molar-refractivity contribution in [1.29, 1.82) is 0 Å². The maximum Gasteiger partial charge on any atom is 0.322 e. The molecule has 1 atom stereocenters. The predicted molar refractivity (Wildman–Crippen MR) is 75.4 cm³/mol. The highest BCUT2D eigenvalue weighted by Crippen LogP contribution is 2.34. The number of methoxy groups -OCH3 is 1. The molecule has 0 saturated carbocycles. The summed E-state index contributed by atoms with van der Waals surface area (Å²) in [7, 11) is -3.02. The third-order valence-electron chi connectivity index (χ3n) is 2.08. The monoisotopic (exact) mass is 405 g/mol. The number of carboxylic acids is 1. The average molecular weight is 407 g/mol. The fourth-order valence-corrected chi connectivity index (χ4v) is 4.74. The number of rotatable bonds is 6. The number of esters is 1. The van der Waals surface area contributed by atoms with Crippen molar-refractivity contribution in [3.8, 4) is 0 Å². The Bertz CT molecular complexity index is 609. The van der Waals surface area contributed by atoms with Crippen molar-refractivity contribution < 1.29 is 27.9 Å². The van der Waals surface area contributed by atoms with Crippen LogP contribution in [-0.2, 0) is 24.3 Å². The van der Waals surface area contributed by atoms with Crippen LogP contribution in [0.5, 0.6) is 0 Å². The van der Waals surface area contributed by atoms with Crippen LogP contribution < -0.4 is 4.72 Å². The minimum absolute atomic E-state index is 0.162. The van der Waals surface area contributed by atoms with E-state index in [1.807, 2.05) is 4.72 Å². The van der Waals surface area contributed by atoms with E-state index in [1.54, 1.807) is 0 Å². The molecule has 0 spiro atoms. The Morgan fingerprint density at radius 1 is 1.60 bits per heavy atom. The Balaban J connectivity index is 2.97. The highest BCUT2D eigenvalue weighted by Gasteiger charge is 2.29. The van der Waals surface area contributed by atoms with Crippen LogP contribution in [0.15, 0.2) is 14.1 Å². The maximum atomic E-state index is 12.0. The molecular formula is C9H9BrClNO6S2. The summed E-state index contributed by atoms with van der Waals surface area (Å²) in [5.41, 5.74) is 0. The number of carboxylic acid groups (broad SMARTS) is 1. The summed E-state index contributed by atoms with van der Waals surface area (Å²) in [6, 6.07) is -0.442. The minimum atomic E-state index is -4.09. The average Bonchev–Trinajstić information content (AvgIpc) is 2.69. The van der Waals surface area contributed by atoms with Crippen molar-refractivity contribution in [3.05, 3.63) is 14.9 Å². The van der Waals surface area contributed by atoms with Crippen LogP contribution in [0.4, 0.5) is 0 Å². The van der Waals surface area contributed by atoms with Gasteiger partial charge in [-0.1, -0.05) is 11.6 Å². The van der Waals surface area contributed by atoms with E-state index in [0.29, 0.717) is 3.79 Å². The summed E-state index contributed by atoms with van der Waals surface area (Å²) in [5, 5.41) is 9.11. The fraction of sp³-hybridized carbons (Fsp3) is 0.333. The number of hydrogen-bond acceptors (Lipinski definition) is 6. The number of aliphatic carboxylic acids is 1. The highest BCUT2D eigenvalue weighted by molar-refractivity contribution is 9.11. The lowest BCUT2D eigenvalue weighted by atomic mass is 10.2. The van der Waals surface area contributed by atoms with E-state index in [-0.39, 0.29) is 9.23 Å². The zero-order valence-corrected chi connectivity index (χ0v) is 13.9. The van der Waals surface area contributed by atoms with E-state index in [0.717, 1.165) is 18.4 Å². The normalized spacial score (nSPS) is 12.9. The van der Waals surface area contributed by atoms with Gasteiger partial charge in [0, 0.05) is 0 Å². The molecule has 0 aromatic carbocycles. The van der Waals surface area contributed by atoms with Crippen molar-refractivity contribution in [2.75, 3.05) is 7.11 Å². The summed E-state index contributed by atoms with van der Waals surface area (Å²) in [6.07, 6.45) is -0.620. The minimum Gasteiger partial charge on any atom is -0.480 e. The first-order valence-electron chi connectivity index (χ1n) is 4.94. The lowest BCUT2D eigenvalue weighted by Gasteiger charge is -2.12. The molecule has 1 aromatic rings. The summed E-state index contributed by atoms with van der Waals surface area (Å²) >= 11 is 9.61. The molecule has 11 heteroatoms. The van der Waals surface area contributed by atoms with Crippen molar-refractivity contribution in [2.45, 2.75) is 16.7 Å². The highest BCUT2D eigenvalue weighted by atomic mass is 79.9. The Kier molecular flexibility index (Phi) is 5.95. The molecular weight excluding hydrogens is 398 g/mol. The van der Waals surface area contributed by atoms with E-state index in [4.69, 9.17) is 16.7 Å². The van der Waals surface area contributed by atoms with Gasteiger partial charge in [-0.05, 0) is 22.0 Å².